The zero-order valence-corrected chi connectivity index (χ0v) is 13.4. The van der Waals surface area contributed by atoms with E-state index in [9.17, 15) is 13.6 Å². The van der Waals surface area contributed by atoms with Crippen LogP contribution in [0.3, 0.4) is 0 Å². The van der Waals surface area contributed by atoms with Gasteiger partial charge in [0.1, 0.15) is 0 Å². The second kappa shape index (κ2) is 7.21. The van der Waals surface area contributed by atoms with Gasteiger partial charge in [0.25, 0.3) is 5.91 Å². The molecule has 128 valence electrons. The van der Waals surface area contributed by atoms with Crippen molar-refractivity contribution in [3.8, 4) is 0 Å². The van der Waals surface area contributed by atoms with E-state index in [0.29, 0.717) is 12.3 Å². The Bertz CT molecular complexity index is 892. The molecule has 3 aromatic rings. The first-order chi connectivity index (χ1) is 12.0. The van der Waals surface area contributed by atoms with E-state index in [2.05, 4.69) is 22.4 Å². The highest BCUT2D eigenvalue weighted by Crippen LogP contribution is 2.14. The summed E-state index contributed by atoms with van der Waals surface area (Å²) in [7, 11) is 0. The molecule has 0 aliphatic heterocycles. The molecule has 0 radical (unpaired) electrons. The molecule has 0 aliphatic rings. The molecule has 0 fully saturated rings. The Balaban J connectivity index is 1.66. The van der Waals surface area contributed by atoms with E-state index in [1.807, 2.05) is 24.3 Å². The van der Waals surface area contributed by atoms with Crippen molar-refractivity contribution in [2.24, 2.45) is 0 Å². The van der Waals surface area contributed by atoms with Crippen LogP contribution in [0.1, 0.15) is 34.3 Å². The Labute approximate surface area is 142 Å². The van der Waals surface area contributed by atoms with E-state index in [1.165, 1.54) is 11.6 Å². The maximum Gasteiger partial charge on any atom is 0.322 e. The molecule has 0 bridgehead atoms. The second-order valence-corrected chi connectivity index (χ2v) is 5.43. The lowest BCUT2D eigenvalue weighted by atomic mass is 10.1. The van der Waals surface area contributed by atoms with Crippen LogP contribution in [-0.2, 0) is 12.8 Å². The molecule has 0 aliphatic carbocycles. The number of benzene rings is 2. The zero-order valence-electron chi connectivity index (χ0n) is 13.4. The Morgan fingerprint density at radius 1 is 1.04 bits per heavy atom. The fourth-order valence-corrected chi connectivity index (χ4v) is 2.25. The molecule has 1 heterocycles. The van der Waals surface area contributed by atoms with Crippen LogP contribution in [-0.4, -0.2) is 16.1 Å². The van der Waals surface area contributed by atoms with Gasteiger partial charge < -0.3 is 4.42 Å². The van der Waals surface area contributed by atoms with Crippen molar-refractivity contribution in [3.63, 3.8) is 0 Å². The number of halogens is 2. The van der Waals surface area contributed by atoms with Crippen molar-refractivity contribution >= 4 is 11.9 Å². The van der Waals surface area contributed by atoms with Crippen molar-refractivity contribution in [3.05, 3.63) is 76.7 Å². The van der Waals surface area contributed by atoms with Gasteiger partial charge in [-0.1, -0.05) is 36.3 Å². The van der Waals surface area contributed by atoms with Crippen LogP contribution in [0.4, 0.5) is 14.8 Å². The van der Waals surface area contributed by atoms with Crippen LogP contribution in [0.5, 0.6) is 0 Å². The number of aromatic nitrogens is 2. The average molecular weight is 343 g/mol. The topological polar surface area (TPSA) is 68.0 Å². The number of nitrogens with one attached hydrogen (secondary N) is 1. The molecule has 7 heteroatoms. The molecule has 0 atom stereocenters. The number of amides is 1. The number of carbonyl (C=O) groups excluding carboxylic acids is 1. The first kappa shape index (κ1) is 16.8. The smallest absolute Gasteiger partial charge is 0.322 e. The first-order valence-corrected chi connectivity index (χ1v) is 7.71. The van der Waals surface area contributed by atoms with E-state index < -0.39 is 17.5 Å². The minimum Gasteiger partial charge on any atom is -0.407 e. The molecule has 0 saturated carbocycles. The van der Waals surface area contributed by atoms with Gasteiger partial charge in [-0.25, -0.2) is 8.78 Å². The van der Waals surface area contributed by atoms with E-state index >= 15 is 0 Å². The summed E-state index contributed by atoms with van der Waals surface area (Å²) in [6, 6.07) is 10.7. The number of anilines is 1. The molecule has 1 aromatic heterocycles. The number of hydrogen-bond acceptors (Lipinski definition) is 4. The summed E-state index contributed by atoms with van der Waals surface area (Å²) in [6.07, 6.45) is 1.39. The minimum absolute atomic E-state index is 0.0474. The van der Waals surface area contributed by atoms with Crippen LogP contribution in [0.2, 0.25) is 0 Å². The monoisotopic (exact) mass is 343 g/mol. The number of aryl methyl sites for hydroxylation is 1. The van der Waals surface area contributed by atoms with E-state index in [4.69, 9.17) is 4.42 Å². The van der Waals surface area contributed by atoms with E-state index in [0.717, 1.165) is 24.1 Å². The lowest BCUT2D eigenvalue weighted by Crippen LogP contribution is -2.12. The molecule has 0 saturated heterocycles. The molecule has 0 unspecified atom stereocenters. The predicted molar refractivity (Wildman–Crippen MR) is 87.2 cm³/mol. The lowest BCUT2D eigenvalue weighted by molar-refractivity contribution is 0.102. The van der Waals surface area contributed by atoms with Crippen molar-refractivity contribution in [1.29, 1.82) is 0 Å². The maximum atomic E-state index is 13.2. The maximum absolute atomic E-state index is 13.2. The van der Waals surface area contributed by atoms with Crippen LogP contribution in [0.15, 0.2) is 46.9 Å². The van der Waals surface area contributed by atoms with E-state index in [-0.39, 0.29) is 11.6 Å². The van der Waals surface area contributed by atoms with Gasteiger partial charge in [0, 0.05) is 5.56 Å². The molecule has 25 heavy (non-hydrogen) atoms. The summed E-state index contributed by atoms with van der Waals surface area (Å²) >= 11 is 0. The summed E-state index contributed by atoms with van der Waals surface area (Å²) in [6.45, 7) is 2.08. The van der Waals surface area contributed by atoms with E-state index in [1.54, 1.807) is 0 Å². The second-order valence-electron chi connectivity index (χ2n) is 5.43. The van der Waals surface area contributed by atoms with Crippen LogP contribution in [0, 0.1) is 11.6 Å². The first-order valence-electron chi connectivity index (χ1n) is 7.71. The lowest BCUT2D eigenvalue weighted by Gasteiger charge is -2.01. The highest BCUT2D eigenvalue weighted by Gasteiger charge is 2.14. The standard InChI is InChI=1S/C18H15F2N3O2/c1-2-11-3-5-12(6-4-11)9-16-22-23-18(25-16)21-17(24)13-7-8-14(19)15(20)10-13/h3-8,10H,2,9H2,1H3,(H,21,23,24). The molecular formula is C18H15F2N3O2. The summed E-state index contributed by atoms with van der Waals surface area (Å²) < 4.78 is 31.4. The molecular weight excluding hydrogens is 328 g/mol. The predicted octanol–water partition coefficient (Wildman–Crippen LogP) is 3.75. The van der Waals surface area contributed by atoms with Gasteiger partial charge in [0.05, 0.1) is 6.42 Å². The van der Waals surface area contributed by atoms with Gasteiger partial charge in [-0.15, -0.1) is 5.10 Å². The molecule has 5 nitrogen and oxygen atoms in total. The third-order valence-electron chi connectivity index (χ3n) is 3.66. The van der Waals surface area contributed by atoms with Crippen molar-refractivity contribution in [2.75, 3.05) is 5.32 Å². The zero-order chi connectivity index (χ0) is 17.8. The van der Waals surface area contributed by atoms with Gasteiger partial charge in [-0.3, -0.25) is 10.1 Å². The molecule has 0 spiro atoms. The summed E-state index contributed by atoms with van der Waals surface area (Å²) in [5, 5.41) is 9.96. The Morgan fingerprint density at radius 3 is 2.44 bits per heavy atom. The molecule has 1 N–H and O–H groups in total. The fraction of sp³-hybridized carbons (Fsp3) is 0.167. The Morgan fingerprint density at radius 2 is 1.76 bits per heavy atom. The minimum atomic E-state index is -1.10. The van der Waals surface area contributed by atoms with Crippen molar-refractivity contribution in [2.45, 2.75) is 19.8 Å². The third-order valence-corrected chi connectivity index (χ3v) is 3.66. The van der Waals surface area contributed by atoms with Crippen LogP contribution in [0.25, 0.3) is 0 Å². The van der Waals surface area contributed by atoms with Crippen molar-refractivity contribution in [1.82, 2.24) is 10.2 Å². The fourth-order valence-electron chi connectivity index (χ4n) is 2.25. The summed E-state index contributed by atoms with van der Waals surface area (Å²) in [5.74, 6) is -2.45. The van der Waals surface area contributed by atoms with Gasteiger partial charge in [0.2, 0.25) is 5.89 Å². The number of carbonyl (C=O) groups is 1. The van der Waals surface area contributed by atoms with Gasteiger partial charge in [0.15, 0.2) is 11.6 Å². The molecule has 2 aromatic carbocycles. The largest absolute Gasteiger partial charge is 0.407 e. The van der Waals surface area contributed by atoms with Gasteiger partial charge in [-0.2, -0.15) is 0 Å². The number of rotatable bonds is 5. The van der Waals surface area contributed by atoms with Gasteiger partial charge in [-0.05, 0) is 35.7 Å². The molecule has 1 amide bonds. The highest BCUT2D eigenvalue weighted by molar-refractivity contribution is 6.03. The quantitative estimate of drug-likeness (QED) is 0.766. The summed E-state index contributed by atoms with van der Waals surface area (Å²) in [4.78, 5) is 12.0. The average Bonchev–Trinajstić information content (AvgIpc) is 3.04. The Hall–Kier alpha value is -3.09. The Kier molecular flexibility index (Phi) is 4.83. The third kappa shape index (κ3) is 4.06. The summed E-state index contributed by atoms with van der Waals surface area (Å²) in [5.41, 5.74) is 2.18. The van der Waals surface area contributed by atoms with Crippen LogP contribution < -0.4 is 5.32 Å². The number of hydrogen-bond donors (Lipinski definition) is 1. The molecule has 3 rings (SSSR count). The normalized spacial score (nSPS) is 10.7. The SMILES string of the molecule is CCc1ccc(Cc2nnc(NC(=O)c3ccc(F)c(F)c3)o2)cc1. The van der Waals surface area contributed by atoms with Gasteiger partial charge >= 0.3 is 6.01 Å². The van der Waals surface area contributed by atoms with Crippen LogP contribution >= 0.6 is 0 Å². The highest BCUT2D eigenvalue weighted by atomic mass is 19.2. The van der Waals surface area contributed by atoms with Crippen molar-refractivity contribution < 1.29 is 18.0 Å². The number of nitrogens with zero attached hydrogens (tertiary/aromatic N) is 2.